The van der Waals surface area contributed by atoms with E-state index in [-0.39, 0.29) is 24.8 Å². The zero-order chi connectivity index (χ0) is 14.5. The maximum atomic E-state index is 12.0. The Kier molecular flexibility index (Phi) is 5.33. The van der Waals surface area contributed by atoms with Crippen LogP contribution in [0.15, 0.2) is 33.0 Å². The average molecular weight is 358 g/mol. The van der Waals surface area contributed by atoms with Gasteiger partial charge < -0.3 is 10.4 Å². The molecule has 1 unspecified atom stereocenters. The standard InChI is InChI=1S/C13H16BrN3O2S/c1-9(7-10-3-2-6-20-10)16-11-8-15-17(4-5-18)13(19)12(11)14/h2-3,6,8-9,16,18H,4-5,7H2,1H3. The van der Waals surface area contributed by atoms with Gasteiger partial charge in [0.05, 0.1) is 25.0 Å². The van der Waals surface area contributed by atoms with Gasteiger partial charge in [-0.2, -0.15) is 5.10 Å². The normalized spacial score (nSPS) is 12.3. The topological polar surface area (TPSA) is 67.2 Å². The van der Waals surface area contributed by atoms with Crippen LogP contribution >= 0.6 is 27.3 Å². The van der Waals surface area contributed by atoms with Gasteiger partial charge in [-0.1, -0.05) is 6.07 Å². The highest BCUT2D eigenvalue weighted by molar-refractivity contribution is 9.10. The van der Waals surface area contributed by atoms with E-state index >= 15 is 0 Å². The SMILES string of the molecule is CC(Cc1cccs1)Nc1cnn(CCO)c(=O)c1Br. The van der Waals surface area contributed by atoms with Gasteiger partial charge in [0.1, 0.15) is 4.47 Å². The Morgan fingerprint density at radius 1 is 1.60 bits per heavy atom. The Labute approximate surface area is 129 Å². The van der Waals surface area contributed by atoms with Crippen molar-refractivity contribution in [1.29, 1.82) is 0 Å². The van der Waals surface area contributed by atoms with E-state index in [1.54, 1.807) is 17.5 Å². The Balaban J connectivity index is 2.09. The van der Waals surface area contributed by atoms with Crippen LogP contribution in [0.4, 0.5) is 5.69 Å². The van der Waals surface area contributed by atoms with Crippen LogP contribution in [-0.4, -0.2) is 27.5 Å². The predicted octanol–water partition coefficient (Wildman–Crippen LogP) is 2.10. The molecule has 2 rings (SSSR count). The summed E-state index contributed by atoms with van der Waals surface area (Å²) in [7, 11) is 0. The second kappa shape index (κ2) is 7.01. The number of hydrogen-bond donors (Lipinski definition) is 2. The molecular weight excluding hydrogens is 342 g/mol. The molecule has 2 heterocycles. The highest BCUT2D eigenvalue weighted by Crippen LogP contribution is 2.19. The lowest BCUT2D eigenvalue weighted by molar-refractivity contribution is 0.266. The third-order valence-electron chi connectivity index (χ3n) is 2.79. The lowest BCUT2D eigenvalue weighted by Gasteiger charge is -2.15. The molecule has 2 aromatic heterocycles. The Bertz CT molecular complexity index is 613. The zero-order valence-electron chi connectivity index (χ0n) is 11.0. The Hall–Kier alpha value is -1.18. The monoisotopic (exact) mass is 357 g/mol. The minimum absolute atomic E-state index is 0.110. The zero-order valence-corrected chi connectivity index (χ0v) is 13.4. The first kappa shape index (κ1) is 15.2. The number of anilines is 1. The molecule has 5 nitrogen and oxygen atoms in total. The van der Waals surface area contributed by atoms with Crippen molar-refractivity contribution in [3.63, 3.8) is 0 Å². The van der Waals surface area contributed by atoms with E-state index in [0.29, 0.717) is 10.2 Å². The van der Waals surface area contributed by atoms with Gasteiger partial charge in [-0.05, 0) is 34.3 Å². The number of thiophene rings is 1. The summed E-state index contributed by atoms with van der Waals surface area (Å²) >= 11 is 5.01. The van der Waals surface area contributed by atoms with E-state index in [1.807, 2.05) is 6.07 Å². The molecule has 7 heteroatoms. The summed E-state index contributed by atoms with van der Waals surface area (Å²) < 4.78 is 1.68. The van der Waals surface area contributed by atoms with Crippen molar-refractivity contribution in [2.75, 3.05) is 11.9 Å². The van der Waals surface area contributed by atoms with Gasteiger partial charge in [-0.25, -0.2) is 4.68 Å². The fraction of sp³-hybridized carbons (Fsp3) is 0.385. The van der Waals surface area contributed by atoms with E-state index in [2.05, 4.69) is 44.7 Å². The van der Waals surface area contributed by atoms with E-state index in [0.717, 1.165) is 6.42 Å². The number of aliphatic hydroxyl groups excluding tert-OH is 1. The Morgan fingerprint density at radius 3 is 3.05 bits per heavy atom. The molecule has 0 bridgehead atoms. The fourth-order valence-electron chi connectivity index (χ4n) is 1.87. The van der Waals surface area contributed by atoms with Crippen molar-refractivity contribution in [2.45, 2.75) is 25.9 Å². The maximum Gasteiger partial charge on any atom is 0.283 e. The van der Waals surface area contributed by atoms with Crippen LogP contribution in [-0.2, 0) is 13.0 Å². The van der Waals surface area contributed by atoms with Gasteiger partial charge in [0.2, 0.25) is 0 Å². The first-order valence-corrected chi connectivity index (χ1v) is 7.94. The summed E-state index contributed by atoms with van der Waals surface area (Å²) in [6, 6.07) is 4.31. The second-order valence-electron chi connectivity index (χ2n) is 4.45. The third-order valence-corrected chi connectivity index (χ3v) is 4.45. The van der Waals surface area contributed by atoms with Crippen molar-refractivity contribution < 1.29 is 5.11 Å². The third kappa shape index (κ3) is 3.68. The van der Waals surface area contributed by atoms with Crippen molar-refractivity contribution in [1.82, 2.24) is 9.78 Å². The van der Waals surface area contributed by atoms with Crippen LogP contribution in [0.5, 0.6) is 0 Å². The van der Waals surface area contributed by atoms with Gasteiger partial charge in [0.25, 0.3) is 5.56 Å². The number of rotatable bonds is 6. The predicted molar refractivity (Wildman–Crippen MR) is 84.4 cm³/mol. The quantitative estimate of drug-likeness (QED) is 0.830. The number of aliphatic hydroxyl groups is 1. The first-order valence-electron chi connectivity index (χ1n) is 6.27. The van der Waals surface area contributed by atoms with E-state index in [1.165, 1.54) is 9.56 Å². The van der Waals surface area contributed by atoms with Crippen molar-refractivity contribution in [3.8, 4) is 0 Å². The minimum atomic E-state index is -0.243. The molecule has 0 aliphatic carbocycles. The molecule has 0 aliphatic rings. The molecule has 2 N–H and O–H groups in total. The summed E-state index contributed by atoms with van der Waals surface area (Å²) in [6.45, 7) is 2.15. The molecule has 0 fully saturated rings. The fourth-order valence-corrected chi connectivity index (χ4v) is 3.12. The van der Waals surface area contributed by atoms with Gasteiger partial charge >= 0.3 is 0 Å². The van der Waals surface area contributed by atoms with Crippen molar-refractivity contribution in [2.24, 2.45) is 0 Å². The highest BCUT2D eigenvalue weighted by Gasteiger charge is 2.11. The number of hydrogen-bond acceptors (Lipinski definition) is 5. The molecular formula is C13H16BrN3O2S. The molecule has 20 heavy (non-hydrogen) atoms. The largest absolute Gasteiger partial charge is 0.394 e. The summed E-state index contributed by atoms with van der Waals surface area (Å²) in [5, 5.41) is 18.2. The van der Waals surface area contributed by atoms with E-state index in [9.17, 15) is 4.79 Å². The summed E-state index contributed by atoms with van der Waals surface area (Å²) in [5.74, 6) is 0. The highest BCUT2D eigenvalue weighted by atomic mass is 79.9. The van der Waals surface area contributed by atoms with Crippen LogP contribution in [0.3, 0.4) is 0 Å². The number of aromatic nitrogens is 2. The number of nitrogens with one attached hydrogen (secondary N) is 1. The first-order chi connectivity index (χ1) is 9.61. The lowest BCUT2D eigenvalue weighted by atomic mass is 10.2. The molecule has 0 saturated carbocycles. The minimum Gasteiger partial charge on any atom is -0.394 e. The molecule has 0 radical (unpaired) electrons. The van der Waals surface area contributed by atoms with Crippen LogP contribution in [0, 0.1) is 0 Å². The number of nitrogens with zero attached hydrogens (tertiary/aromatic N) is 2. The molecule has 0 spiro atoms. The second-order valence-corrected chi connectivity index (χ2v) is 6.28. The van der Waals surface area contributed by atoms with Gasteiger partial charge in [-0.15, -0.1) is 11.3 Å². The van der Waals surface area contributed by atoms with Gasteiger partial charge in [-0.3, -0.25) is 4.79 Å². The van der Waals surface area contributed by atoms with Crippen LogP contribution < -0.4 is 10.9 Å². The average Bonchev–Trinajstić information content (AvgIpc) is 2.91. The molecule has 0 amide bonds. The molecule has 0 aliphatic heterocycles. The van der Waals surface area contributed by atoms with Crippen LogP contribution in [0.25, 0.3) is 0 Å². The number of halogens is 1. The smallest absolute Gasteiger partial charge is 0.283 e. The molecule has 0 aromatic carbocycles. The van der Waals surface area contributed by atoms with Crippen molar-refractivity contribution in [3.05, 3.63) is 43.4 Å². The van der Waals surface area contributed by atoms with Crippen LogP contribution in [0.2, 0.25) is 0 Å². The Morgan fingerprint density at radius 2 is 2.40 bits per heavy atom. The molecule has 2 aromatic rings. The summed E-state index contributed by atoms with van der Waals surface area (Å²) in [4.78, 5) is 13.3. The molecule has 1 atom stereocenters. The van der Waals surface area contributed by atoms with E-state index < -0.39 is 0 Å². The molecule has 108 valence electrons. The maximum absolute atomic E-state index is 12.0. The molecule has 0 saturated heterocycles. The van der Waals surface area contributed by atoms with Crippen molar-refractivity contribution >= 4 is 33.0 Å². The van der Waals surface area contributed by atoms with Gasteiger partial charge in [0, 0.05) is 17.3 Å². The summed E-state index contributed by atoms with van der Waals surface area (Å²) in [6.07, 6.45) is 2.50. The van der Waals surface area contributed by atoms with Crippen LogP contribution in [0.1, 0.15) is 11.8 Å². The van der Waals surface area contributed by atoms with Gasteiger partial charge in [0.15, 0.2) is 0 Å². The lowest BCUT2D eigenvalue weighted by Crippen LogP contribution is -2.27. The van der Waals surface area contributed by atoms with E-state index in [4.69, 9.17) is 5.11 Å². The summed E-state index contributed by atoms with van der Waals surface area (Å²) in [5.41, 5.74) is 0.431.